The molecule has 0 bridgehead atoms. The van der Waals surface area contributed by atoms with Crippen LogP contribution in [-0.4, -0.2) is 59.5 Å². The number of aromatic nitrogens is 2. The van der Waals surface area contributed by atoms with Crippen molar-refractivity contribution in [2.24, 2.45) is 11.3 Å². The Labute approximate surface area is 155 Å². The van der Waals surface area contributed by atoms with Crippen LogP contribution in [0.1, 0.15) is 45.4 Å². The summed E-state index contributed by atoms with van der Waals surface area (Å²) in [6.07, 6.45) is 7.21. The summed E-state index contributed by atoms with van der Waals surface area (Å²) < 4.78 is 29.3. The van der Waals surface area contributed by atoms with E-state index >= 15 is 0 Å². The van der Waals surface area contributed by atoms with E-state index in [1.165, 1.54) is 23.3 Å². The van der Waals surface area contributed by atoms with E-state index in [2.05, 4.69) is 5.10 Å². The number of likely N-dealkylation sites (tertiary alicyclic amines) is 1. The van der Waals surface area contributed by atoms with Crippen molar-refractivity contribution in [3.05, 3.63) is 12.3 Å². The fourth-order valence-corrected chi connectivity index (χ4v) is 6.06. The lowest BCUT2D eigenvalue weighted by molar-refractivity contribution is -0.145. The SMILES string of the molecule is CCCn1nccc1S(=O)(=O)N1CC[C@@]2(CCCN(CC3CC3)C2=O)C1. The quantitative estimate of drug-likeness (QED) is 0.753. The molecule has 1 amide bonds. The van der Waals surface area contributed by atoms with E-state index in [9.17, 15) is 13.2 Å². The van der Waals surface area contributed by atoms with Crippen LogP contribution >= 0.6 is 0 Å². The van der Waals surface area contributed by atoms with Crippen molar-refractivity contribution in [2.45, 2.75) is 57.0 Å². The Hall–Kier alpha value is -1.41. The first-order valence-corrected chi connectivity index (χ1v) is 11.2. The molecule has 2 saturated heterocycles. The number of carbonyl (C=O) groups excluding carboxylic acids is 1. The van der Waals surface area contributed by atoms with Gasteiger partial charge < -0.3 is 4.90 Å². The van der Waals surface area contributed by atoms with Gasteiger partial charge in [0, 0.05) is 32.7 Å². The van der Waals surface area contributed by atoms with Crippen LogP contribution in [0.5, 0.6) is 0 Å². The first kappa shape index (κ1) is 18.0. The third kappa shape index (κ3) is 3.07. The predicted octanol–water partition coefficient (Wildman–Crippen LogP) is 1.71. The zero-order valence-corrected chi connectivity index (χ0v) is 16.2. The average molecular weight is 381 g/mol. The van der Waals surface area contributed by atoms with Gasteiger partial charge in [-0.15, -0.1) is 0 Å². The number of rotatable bonds is 6. The predicted molar refractivity (Wildman–Crippen MR) is 96.9 cm³/mol. The fourth-order valence-electron chi connectivity index (χ4n) is 4.41. The Morgan fingerprint density at radius 3 is 2.81 bits per heavy atom. The van der Waals surface area contributed by atoms with E-state index in [1.54, 1.807) is 10.7 Å². The number of sulfonamides is 1. The fraction of sp³-hybridized carbons (Fsp3) is 0.778. The summed E-state index contributed by atoms with van der Waals surface area (Å²) in [6.45, 7) is 4.99. The Morgan fingerprint density at radius 1 is 1.27 bits per heavy atom. The molecule has 1 atom stereocenters. The molecule has 0 aromatic carbocycles. The van der Waals surface area contributed by atoms with Gasteiger partial charge in [0.05, 0.1) is 11.6 Å². The lowest BCUT2D eigenvalue weighted by Crippen LogP contribution is -2.51. The highest BCUT2D eigenvalue weighted by atomic mass is 32.2. The highest BCUT2D eigenvalue weighted by molar-refractivity contribution is 7.89. The maximum atomic E-state index is 13.1. The highest BCUT2D eigenvalue weighted by Crippen LogP contribution is 2.43. The maximum Gasteiger partial charge on any atom is 0.260 e. The highest BCUT2D eigenvalue weighted by Gasteiger charge is 2.51. The number of aryl methyl sites for hydroxylation is 1. The summed E-state index contributed by atoms with van der Waals surface area (Å²) in [7, 11) is -3.61. The Kier molecular flexibility index (Phi) is 4.59. The second kappa shape index (κ2) is 6.64. The van der Waals surface area contributed by atoms with Crippen LogP contribution in [0.4, 0.5) is 0 Å². The van der Waals surface area contributed by atoms with Gasteiger partial charge in [-0.3, -0.25) is 9.48 Å². The maximum absolute atomic E-state index is 13.1. The first-order valence-electron chi connectivity index (χ1n) is 9.78. The normalized spacial score (nSPS) is 27.6. The molecular weight excluding hydrogens is 352 g/mol. The Bertz CT molecular complexity index is 786. The number of carbonyl (C=O) groups is 1. The van der Waals surface area contributed by atoms with Gasteiger partial charge in [-0.05, 0) is 50.5 Å². The molecule has 2 aliphatic heterocycles. The molecule has 1 aliphatic carbocycles. The zero-order chi connectivity index (χ0) is 18.4. The van der Waals surface area contributed by atoms with Gasteiger partial charge >= 0.3 is 0 Å². The van der Waals surface area contributed by atoms with E-state index < -0.39 is 15.4 Å². The van der Waals surface area contributed by atoms with Gasteiger partial charge in [0.2, 0.25) is 5.91 Å². The van der Waals surface area contributed by atoms with Gasteiger partial charge in [-0.1, -0.05) is 6.92 Å². The molecule has 0 radical (unpaired) electrons. The molecule has 1 spiro atoms. The molecule has 4 rings (SSSR count). The molecule has 8 heteroatoms. The van der Waals surface area contributed by atoms with E-state index in [-0.39, 0.29) is 10.9 Å². The number of amides is 1. The summed E-state index contributed by atoms with van der Waals surface area (Å²) in [5.74, 6) is 0.842. The summed E-state index contributed by atoms with van der Waals surface area (Å²) in [4.78, 5) is 15.1. The van der Waals surface area contributed by atoms with E-state index in [0.29, 0.717) is 32.0 Å². The van der Waals surface area contributed by atoms with Crippen molar-refractivity contribution in [1.29, 1.82) is 0 Å². The second-order valence-corrected chi connectivity index (χ2v) is 9.94. The van der Waals surface area contributed by atoms with Crippen LogP contribution in [0.3, 0.4) is 0 Å². The van der Waals surface area contributed by atoms with Crippen molar-refractivity contribution in [3.8, 4) is 0 Å². The molecule has 1 aromatic heterocycles. The van der Waals surface area contributed by atoms with Gasteiger partial charge in [0.15, 0.2) is 5.03 Å². The van der Waals surface area contributed by atoms with Crippen molar-refractivity contribution >= 4 is 15.9 Å². The van der Waals surface area contributed by atoms with Crippen molar-refractivity contribution in [3.63, 3.8) is 0 Å². The monoisotopic (exact) mass is 380 g/mol. The first-order chi connectivity index (χ1) is 12.5. The van der Waals surface area contributed by atoms with E-state index in [0.717, 1.165) is 32.4 Å². The molecule has 7 nitrogen and oxygen atoms in total. The molecule has 0 N–H and O–H groups in total. The standard InChI is InChI=1S/C18H28N4O3S/c1-2-10-22-16(6-9-19-22)26(24,25)21-12-8-18(14-21)7-3-11-20(17(18)23)13-15-4-5-15/h6,9,15H,2-5,7-8,10-14H2,1H3/t18-/m0/s1. The van der Waals surface area contributed by atoms with Gasteiger partial charge in [0.25, 0.3) is 10.0 Å². The lowest BCUT2D eigenvalue weighted by atomic mass is 9.78. The van der Waals surface area contributed by atoms with Crippen molar-refractivity contribution < 1.29 is 13.2 Å². The minimum Gasteiger partial charge on any atom is -0.342 e. The van der Waals surface area contributed by atoms with Crippen LogP contribution in [0, 0.1) is 11.3 Å². The average Bonchev–Trinajstić information content (AvgIpc) is 3.12. The number of piperidine rings is 1. The summed E-state index contributed by atoms with van der Waals surface area (Å²) >= 11 is 0. The molecule has 3 aliphatic rings. The molecule has 1 saturated carbocycles. The van der Waals surface area contributed by atoms with Crippen molar-refractivity contribution in [1.82, 2.24) is 19.0 Å². The number of nitrogens with zero attached hydrogens (tertiary/aromatic N) is 4. The zero-order valence-electron chi connectivity index (χ0n) is 15.4. The largest absolute Gasteiger partial charge is 0.342 e. The lowest BCUT2D eigenvalue weighted by Gasteiger charge is -2.39. The summed E-state index contributed by atoms with van der Waals surface area (Å²) in [5.41, 5.74) is -0.518. The molecule has 3 fully saturated rings. The molecule has 0 unspecified atom stereocenters. The molecule has 1 aromatic rings. The minimum atomic E-state index is -3.61. The molecule has 26 heavy (non-hydrogen) atoms. The van der Waals surface area contributed by atoms with E-state index in [1.807, 2.05) is 11.8 Å². The molecule has 3 heterocycles. The van der Waals surface area contributed by atoms with Crippen LogP contribution in [0.25, 0.3) is 0 Å². The van der Waals surface area contributed by atoms with Crippen LogP contribution in [-0.2, 0) is 21.4 Å². The minimum absolute atomic E-state index is 0.176. The third-order valence-electron chi connectivity index (χ3n) is 6.04. The topological polar surface area (TPSA) is 75.5 Å². The molecular formula is C18H28N4O3S. The van der Waals surface area contributed by atoms with Crippen molar-refractivity contribution in [2.75, 3.05) is 26.2 Å². The summed E-state index contributed by atoms with van der Waals surface area (Å²) in [6, 6.07) is 1.57. The van der Waals surface area contributed by atoms with Crippen LogP contribution in [0.15, 0.2) is 17.3 Å². The van der Waals surface area contributed by atoms with Gasteiger partial charge in [0.1, 0.15) is 0 Å². The van der Waals surface area contributed by atoms with Crippen LogP contribution in [0.2, 0.25) is 0 Å². The summed E-state index contributed by atoms with van der Waals surface area (Å²) in [5, 5.41) is 4.39. The second-order valence-electron chi connectivity index (χ2n) is 8.06. The van der Waals surface area contributed by atoms with Gasteiger partial charge in [-0.2, -0.15) is 9.40 Å². The number of hydrogen-bond acceptors (Lipinski definition) is 4. The Balaban J connectivity index is 1.53. The molecule has 144 valence electrons. The third-order valence-corrected chi connectivity index (χ3v) is 7.90. The smallest absolute Gasteiger partial charge is 0.260 e. The number of hydrogen-bond donors (Lipinski definition) is 0. The van der Waals surface area contributed by atoms with Gasteiger partial charge in [-0.25, -0.2) is 8.42 Å². The van der Waals surface area contributed by atoms with E-state index in [4.69, 9.17) is 0 Å². The Morgan fingerprint density at radius 2 is 2.08 bits per heavy atom. The van der Waals surface area contributed by atoms with Crippen LogP contribution < -0.4 is 0 Å².